The number of benzene rings is 2. The van der Waals surface area contributed by atoms with Crippen molar-refractivity contribution in [3.05, 3.63) is 53.3 Å². The molecule has 0 bridgehead atoms. The number of ether oxygens (including phenoxy) is 2. The highest BCUT2D eigenvalue weighted by Gasteiger charge is 2.35. The predicted molar refractivity (Wildman–Crippen MR) is 127 cm³/mol. The largest absolute Gasteiger partial charge is 0.493 e. The molecule has 1 atom stereocenters. The summed E-state index contributed by atoms with van der Waals surface area (Å²) < 4.78 is 25.5. The molecule has 1 heterocycles. The first-order chi connectivity index (χ1) is 14.5. The van der Waals surface area contributed by atoms with Gasteiger partial charge in [0.05, 0.1) is 7.11 Å². The van der Waals surface area contributed by atoms with Gasteiger partial charge in [-0.2, -0.15) is 0 Å². The van der Waals surface area contributed by atoms with Crippen molar-refractivity contribution >= 4 is 30.7 Å². The average Bonchev–Trinajstić information content (AvgIpc) is 3.60. The number of methoxy groups -OCH3 is 1. The molecule has 0 spiro atoms. The number of rotatable bonds is 6. The van der Waals surface area contributed by atoms with Crippen molar-refractivity contribution in [2.45, 2.75) is 38.4 Å². The summed E-state index contributed by atoms with van der Waals surface area (Å²) in [6.07, 6.45) is 2.53. The van der Waals surface area contributed by atoms with Gasteiger partial charge in [-0.25, -0.2) is 4.39 Å². The zero-order chi connectivity index (χ0) is 21.3. The van der Waals surface area contributed by atoms with Crippen molar-refractivity contribution in [3.63, 3.8) is 0 Å². The highest BCUT2D eigenvalue weighted by Crippen LogP contribution is 2.35. The topological polar surface area (TPSA) is 68.0 Å². The molecule has 9 heteroatoms. The number of piperazine rings is 1. The van der Waals surface area contributed by atoms with E-state index in [2.05, 4.69) is 11.8 Å². The Labute approximate surface area is 200 Å². The standard InChI is InChI=1S/C23H28FN3O3.2ClH/c1-15-14-26(18-5-6-18)9-10-27(15)23(28)17-4-8-21(29-2)22(12-17)30-20-7-3-16(13-25)11-19(20)24;;/h3-4,7-8,11-12,15,18H,5-6,9-10,13-14,25H2,1-2H3;2*1H. The monoisotopic (exact) mass is 485 g/mol. The number of nitrogens with two attached hydrogens (primary N) is 1. The van der Waals surface area contributed by atoms with Crippen LogP contribution < -0.4 is 15.2 Å². The maximum Gasteiger partial charge on any atom is 0.254 e. The van der Waals surface area contributed by atoms with Crippen molar-refractivity contribution in [1.82, 2.24) is 9.80 Å². The van der Waals surface area contributed by atoms with Crippen LogP contribution in [0.1, 0.15) is 35.7 Å². The van der Waals surface area contributed by atoms with Crippen LogP contribution >= 0.6 is 24.8 Å². The molecular formula is C23H30Cl2FN3O3. The summed E-state index contributed by atoms with van der Waals surface area (Å²) in [4.78, 5) is 17.6. The number of amides is 1. The third-order valence-corrected chi connectivity index (χ3v) is 5.85. The molecule has 6 nitrogen and oxygen atoms in total. The number of hydrogen-bond acceptors (Lipinski definition) is 5. The molecule has 2 aliphatic rings. The summed E-state index contributed by atoms with van der Waals surface area (Å²) in [6, 6.07) is 10.5. The van der Waals surface area contributed by atoms with Gasteiger partial charge in [0.1, 0.15) is 0 Å². The summed E-state index contributed by atoms with van der Waals surface area (Å²) in [5, 5.41) is 0. The van der Waals surface area contributed by atoms with Gasteiger partial charge in [0.25, 0.3) is 5.91 Å². The molecule has 1 aliphatic carbocycles. The number of carbonyl (C=O) groups excluding carboxylic acids is 1. The highest BCUT2D eigenvalue weighted by molar-refractivity contribution is 5.95. The molecule has 0 radical (unpaired) electrons. The molecule has 2 aromatic carbocycles. The minimum Gasteiger partial charge on any atom is -0.493 e. The molecule has 176 valence electrons. The van der Waals surface area contributed by atoms with Crippen molar-refractivity contribution in [2.75, 3.05) is 26.7 Å². The third-order valence-electron chi connectivity index (χ3n) is 5.85. The molecule has 0 aromatic heterocycles. The van der Waals surface area contributed by atoms with Crippen LogP contribution in [0.15, 0.2) is 36.4 Å². The van der Waals surface area contributed by atoms with Crippen LogP contribution in [0.4, 0.5) is 4.39 Å². The second-order valence-electron chi connectivity index (χ2n) is 8.01. The predicted octanol–water partition coefficient (Wildman–Crippen LogP) is 4.24. The lowest BCUT2D eigenvalue weighted by molar-refractivity contribution is 0.0473. The Balaban J connectivity index is 0.00000181. The van der Waals surface area contributed by atoms with E-state index in [9.17, 15) is 9.18 Å². The summed E-state index contributed by atoms with van der Waals surface area (Å²) in [5.74, 6) is 0.222. The fourth-order valence-corrected chi connectivity index (χ4v) is 3.99. The average molecular weight is 486 g/mol. The van der Waals surface area contributed by atoms with E-state index in [1.54, 1.807) is 24.3 Å². The first-order valence-corrected chi connectivity index (χ1v) is 10.4. The summed E-state index contributed by atoms with van der Waals surface area (Å²) in [5.41, 5.74) is 6.73. The minimum atomic E-state index is -0.512. The maximum atomic E-state index is 14.4. The van der Waals surface area contributed by atoms with E-state index >= 15 is 0 Å². The Kier molecular flexibility index (Phi) is 9.16. The summed E-state index contributed by atoms with van der Waals surface area (Å²) in [6.45, 7) is 4.83. The van der Waals surface area contributed by atoms with Crippen LogP contribution in [0.3, 0.4) is 0 Å². The molecule has 32 heavy (non-hydrogen) atoms. The van der Waals surface area contributed by atoms with Gasteiger partial charge in [-0.3, -0.25) is 9.69 Å². The van der Waals surface area contributed by atoms with Crippen molar-refractivity contribution in [3.8, 4) is 17.2 Å². The van der Waals surface area contributed by atoms with E-state index < -0.39 is 5.82 Å². The summed E-state index contributed by atoms with van der Waals surface area (Å²) >= 11 is 0. The van der Waals surface area contributed by atoms with E-state index in [4.69, 9.17) is 15.2 Å². The zero-order valence-corrected chi connectivity index (χ0v) is 19.9. The molecule has 1 aliphatic heterocycles. The van der Waals surface area contributed by atoms with Crippen LogP contribution in [0.5, 0.6) is 17.2 Å². The molecular weight excluding hydrogens is 456 g/mol. The molecule has 2 N–H and O–H groups in total. The van der Waals surface area contributed by atoms with Gasteiger partial charge in [0, 0.05) is 43.8 Å². The zero-order valence-electron chi connectivity index (χ0n) is 18.3. The first-order valence-electron chi connectivity index (χ1n) is 10.4. The van der Waals surface area contributed by atoms with Crippen LogP contribution in [-0.4, -0.2) is 54.5 Å². The second-order valence-corrected chi connectivity index (χ2v) is 8.01. The fourth-order valence-electron chi connectivity index (χ4n) is 3.99. The molecule has 2 aromatic rings. The Morgan fingerprint density at radius 3 is 2.41 bits per heavy atom. The molecule has 2 fully saturated rings. The van der Waals surface area contributed by atoms with Crippen molar-refractivity contribution < 1.29 is 18.7 Å². The quantitative estimate of drug-likeness (QED) is 0.662. The van der Waals surface area contributed by atoms with E-state index in [-0.39, 0.29) is 49.1 Å². The van der Waals surface area contributed by atoms with E-state index in [1.807, 2.05) is 4.90 Å². The van der Waals surface area contributed by atoms with Gasteiger partial charge < -0.3 is 20.1 Å². The van der Waals surface area contributed by atoms with Crippen molar-refractivity contribution in [1.29, 1.82) is 0 Å². The first kappa shape index (κ1) is 26.2. The highest BCUT2D eigenvalue weighted by atomic mass is 35.5. The summed E-state index contributed by atoms with van der Waals surface area (Å²) in [7, 11) is 1.51. The van der Waals surface area contributed by atoms with Gasteiger partial charge in [0.2, 0.25) is 0 Å². The fraction of sp³-hybridized carbons (Fsp3) is 0.435. The second kappa shape index (κ2) is 11.2. The van der Waals surface area contributed by atoms with Crippen LogP contribution in [0.2, 0.25) is 0 Å². The Hall–Kier alpha value is -2.06. The van der Waals surface area contributed by atoms with Gasteiger partial charge in [-0.1, -0.05) is 6.07 Å². The van der Waals surface area contributed by atoms with Crippen LogP contribution in [0, 0.1) is 5.82 Å². The van der Waals surface area contributed by atoms with Crippen LogP contribution in [0.25, 0.3) is 0 Å². The Bertz CT molecular complexity index is 943. The van der Waals surface area contributed by atoms with Gasteiger partial charge in [0.15, 0.2) is 23.1 Å². The van der Waals surface area contributed by atoms with Gasteiger partial charge in [-0.05, 0) is 55.7 Å². The number of nitrogens with zero attached hydrogens (tertiary/aromatic N) is 2. The molecule has 1 amide bonds. The SMILES string of the molecule is COc1ccc(C(=O)N2CCN(C3CC3)CC2C)cc1Oc1ccc(CN)cc1F.Cl.Cl. The lowest BCUT2D eigenvalue weighted by atomic mass is 10.1. The lowest BCUT2D eigenvalue weighted by Crippen LogP contribution is -2.54. The van der Waals surface area contributed by atoms with Gasteiger partial charge in [-0.15, -0.1) is 24.8 Å². The Morgan fingerprint density at radius 1 is 1.09 bits per heavy atom. The number of halogens is 3. The molecule has 4 rings (SSSR count). The maximum absolute atomic E-state index is 14.4. The van der Waals surface area contributed by atoms with Gasteiger partial charge >= 0.3 is 0 Å². The molecule has 1 saturated carbocycles. The molecule has 1 saturated heterocycles. The Morgan fingerprint density at radius 2 is 1.81 bits per heavy atom. The van der Waals surface area contributed by atoms with E-state index in [1.165, 1.54) is 32.1 Å². The van der Waals surface area contributed by atoms with Crippen molar-refractivity contribution in [2.24, 2.45) is 5.73 Å². The number of hydrogen-bond donors (Lipinski definition) is 1. The lowest BCUT2D eigenvalue weighted by Gasteiger charge is -2.40. The number of carbonyl (C=O) groups is 1. The minimum absolute atomic E-state index is 0. The third kappa shape index (κ3) is 5.64. The smallest absolute Gasteiger partial charge is 0.254 e. The van der Waals surface area contributed by atoms with Crippen LogP contribution in [-0.2, 0) is 6.54 Å². The molecule has 1 unspecified atom stereocenters. The normalized spacial score (nSPS) is 18.4. The van der Waals surface area contributed by atoms with E-state index in [0.717, 1.165) is 13.1 Å². The van der Waals surface area contributed by atoms with E-state index in [0.29, 0.717) is 35.2 Å².